The molecule has 21 heavy (non-hydrogen) atoms. The van der Waals surface area contributed by atoms with Crippen molar-refractivity contribution < 1.29 is 10.0 Å². The van der Waals surface area contributed by atoms with Crippen LogP contribution in [0.25, 0.3) is 11.1 Å². The van der Waals surface area contributed by atoms with E-state index < -0.39 is 12.1 Å². The summed E-state index contributed by atoms with van der Waals surface area (Å²) in [5.74, 6) is 5.66. The summed E-state index contributed by atoms with van der Waals surface area (Å²) in [7, 11) is 0. The Hall–Kier alpha value is -2.77. The molecule has 4 nitrogen and oxygen atoms in total. The van der Waals surface area contributed by atoms with Crippen LogP contribution < -0.4 is 5.73 Å². The molecule has 2 rings (SSSR count). The molecule has 0 spiro atoms. The van der Waals surface area contributed by atoms with E-state index in [-0.39, 0.29) is 0 Å². The summed E-state index contributed by atoms with van der Waals surface area (Å²) in [5.41, 5.74) is 8.01. The second-order valence-corrected chi connectivity index (χ2v) is 4.57. The molecule has 0 aliphatic rings. The minimum atomic E-state index is -0.920. The molecule has 0 saturated heterocycles. The van der Waals surface area contributed by atoms with Crippen molar-refractivity contribution in [1.82, 2.24) is 5.06 Å². The monoisotopic (exact) mass is 280 g/mol. The van der Waals surface area contributed by atoms with E-state index in [1.54, 1.807) is 6.92 Å². The van der Waals surface area contributed by atoms with Crippen LogP contribution >= 0.6 is 0 Å². The second kappa shape index (κ2) is 6.60. The van der Waals surface area contributed by atoms with Crippen molar-refractivity contribution >= 4 is 6.03 Å². The number of carbonyl (C=O) groups is 1. The van der Waals surface area contributed by atoms with Crippen LogP contribution in [-0.4, -0.2) is 22.3 Å². The molecule has 0 heterocycles. The van der Waals surface area contributed by atoms with Gasteiger partial charge in [-0.3, -0.25) is 5.21 Å². The number of rotatable bonds is 2. The molecule has 0 bridgehead atoms. The van der Waals surface area contributed by atoms with E-state index in [4.69, 9.17) is 5.73 Å². The van der Waals surface area contributed by atoms with Crippen LogP contribution in [0, 0.1) is 11.8 Å². The van der Waals surface area contributed by atoms with Gasteiger partial charge in [0.15, 0.2) is 0 Å². The number of nitrogens with two attached hydrogens (primary N) is 1. The highest BCUT2D eigenvalue weighted by Gasteiger charge is 2.11. The Balaban J connectivity index is 2.12. The van der Waals surface area contributed by atoms with Gasteiger partial charge in [-0.05, 0) is 30.2 Å². The van der Waals surface area contributed by atoms with E-state index in [2.05, 4.69) is 11.8 Å². The number of nitrogens with zero attached hydrogens (tertiary/aromatic N) is 1. The van der Waals surface area contributed by atoms with Crippen molar-refractivity contribution in [3.8, 4) is 23.0 Å². The Kier molecular flexibility index (Phi) is 4.60. The summed E-state index contributed by atoms with van der Waals surface area (Å²) in [6.07, 6.45) is 0. The average molecular weight is 280 g/mol. The van der Waals surface area contributed by atoms with Gasteiger partial charge in [0.25, 0.3) is 0 Å². The number of benzene rings is 2. The summed E-state index contributed by atoms with van der Waals surface area (Å²) in [4.78, 5) is 10.8. The molecule has 0 aliphatic carbocycles. The first-order valence-electron chi connectivity index (χ1n) is 6.52. The fraction of sp³-hybridized carbons (Fsp3) is 0.118. The number of hydrogen-bond acceptors (Lipinski definition) is 2. The molecule has 1 atom stereocenters. The predicted octanol–water partition coefficient (Wildman–Crippen LogP) is 2.86. The Bertz CT molecular complexity index is 669. The fourth-order valence-electron chi connectivity index (χ4n) is 1.82. The Morgan fingerprint density at radius 2 is 1.67 bits per heavy atom. The Morgan fingerprint density at radius 3 is 2.24 bits per heavy atom. The highest BCUT2D eigenvalue weighted by molar-refractivity contribution is 5.71. The molecule has 2 aromatic rings. The van der Waals surface area contributed by atoms with Gasteiger partial charge in [0, 0.05) is 5.56 Å². The van der Waals surface area contributed by atoms with Crippen molar-refractivity contribution in [2.45, 2.75) is 13.0 Å². The molecule has 4 heteroatoms. The standard InChI is InChI=1S/C17H16N2O2/c1-13(19(21)17(18)20)7-8-14-9-11-16(12-10-14)15-5-3-2-4-6-15/h2-6,9-13,21H,1H3,(H2,18,20). The van der Waals surface area contributed by atoms with Gasteiger partial charge in [0.2, 0.25) is 0 Å². The summed E-state index contributed by atoms with van der Waals surface area (Å²) < 4.78 is 0. The van der Waals surface area contributed by atoms with E-state index >= 15 is 0 Å². The zero-order valence-electron chi connectivity index (χ0n) is 11.7. The topological polar surface area (TPSA) is 66.6 Å². The van der Waals surface area contributed by atoms with Gasteiger partial charge in [-0.25, -0.2) is 4.79 Å². The van der Waals surface area contributed by atoms with Crippen LogP contribution in [0.5, 0.6) is 0 Å². The first-order valence-corrected chi connectivity index (χ1v) is 6.52. The summed E-state index contributed by atoms with van der Waals surface area (Å²) in [6.45, 7) is 1.59. The van der Waals surface area contributed by atoms with Crippen molar-refractivity contribution in [2.75, 3.05) is 0 Å². The van der Waals surface area contributed by atoms with Crippen molar-refractivity contribution in [1.29, 1.82) is 0 Å². The smallest absolute Gasteiger partial charge is 0.339 e. The number of primary amides is 1. The van der Waals surface area contributed by atoms with E-state index in [0.717, 1.165) is 16.7 Å². The lowest BCUT2D eigenvalue weighted by atomic mass is 10.0. The van der Waals surface area contributed by atoms with E-state index in [1.807, 2.05) is 54.6 Å². The Labute approximate surface area is 123 Å². The van der Waals surface area contributed by atoms with Gasteiger partial charge >= 0.3 is 6.03 Å². The number of hydrogen-bond donors (Lipinski definition) is 2. The van der Waals surface area contributed by atoms with Gasteiger partial charge in [-0.2, -0.15) is 5.06 Å². The molecule has 1 unspecified atom stereocenters. The highest BCUT2D eigenvalue weighted by atomic mass is 16.5. The Morgan fingerprint density at radius 1 is 1.10 bits per heavy atom. The molecule has 0 saturated carbocycles. The predicted molar refractivity (Wildman–Crippen MR) is 81.4 cm³/mol. The molecule has 0 fully saturated rings. The number of urea groups is 1. The normalized spacial score (nSPS) is 11.1. The van der Waals surface area contributed by atoms with Gasteiger partial charge < -0.3 is 5.73 Å². The van der Waals surface area contributed by atoms with Crippen molar-refractivity contribution in [3.05, 3.63) is 60.2 Å². The van der Waals surface area contributed by atoms with E-state index in [1.165, 1.54) is 0 Å². The maximum atomic E-state index is 10.8. The minimum Gasteiger partial charge on any atom is -0.350 e. The largest absolute Gasteiger partial charge is 0.350 e. The maximum Gasteiger partial charge on any atom is 0.339 e. The van der Waals surface area contributed by atoms with E-state index in [0.29, 0.717) is 5.06 Å². The van der Waals surface area contributed by atoms with Crippen LogP contribution in [0.4, 0.5) is 4.79 Å². The van der Waals surface area contributed by atoms with Crippen LogP contribution in [0.2, 0.25) is 0 Å². The third kappa shape index (κ3) is 3.85. The minimum absolute atomic E-state index is 0.408. The van der Waals surface area contributed by atoms with Gasteiger partial charge in [-0.15, -0.1) is 0 Å². The summed E-state index contributed by atoms with van der Waals surface area (Å²) in [5, 5.41) is 9.73. The zero-order chi connectivity index (χ0) is 15.2. The molecule has 0 aromatic heterocycles. The first-order chi connectivity index (χ1) is 10.1. The zero-order valence-corrected chi connectivity index (χ0v) is 11.7. The van der Waals surface area contributed by atoms with Crippen LogP contribution in [0.3, 0.4) is 0 Å². The SMILES string of the molecule is CC(C#Cc1ccc(-c2ccccc2)cc1)N(O)C(N)=O. The molecule has 2 amide bonds. The number of carbonyl (C=O) groups excluding carboxylic acids is 1. The lowest BCUT2D eigenvalue weighted by molar-refractivity contribution is -0.0536. The molecule has 0 aliphatic heterocycles. The van der Waals surface area contributed by atoms with Gasteiger partial charge in [-0.1, -0.05) is 54.3 Å². The third-order valence-corrected chi connectivity index (χ3v) is 3.01. The molecule has 0 radical (unpaired) electrons. The number of amides is 2. The molecule has 106 valence electrons. The molecular formula is C17H16N2O2. The summed E-state index contributed by atoms with van der Waals surface area (Å²) >= 11 is 0. The van der Waals surface area contributed by atoms with Crippen LogP contribution in [0.1, 0.15) is 12.5 Å². The van der Waals surface area contributed by atoms with Crippen LogP contribution in [0.15, 0.2) is 54.6 Å². The third-order valence-electron chi connectivity index (χ3n) is 3.01. The lowest BCUT2D eigenvalue weighted by Gasteiger charge is -2.14. The average Bonchev–Trinajstić information content (AvgIpc) is 2.53. The fourth-order valence-corrected chi connectivity index (χ4v) is 1.82. The summed E-state index contributed by atoms with van der Waals surface area (Å²) in [6, 6.07) is 16.2. The quantitative estimate of drug-likeness (QED) is 0.504. The maximum absolute atomic E-state index is 10.8. The van der Waals surface area contributed by atoms with Crippen molar-refractivity contribution in [2.24, 2.45) is 5.73 Å². The molecule has 3 N–H and O–H groups in total. The lowest BCUT2D eigenvalue weighted by Crippen LogP contribution is -2.38. The first kappa shape index (κ1) is 14.6. The van der Waals surface area contributed by atoms with Gasteiger partial charge in [0.05, 0.1) is 0 Å². The van der Waals surface area contributed by atoms with Crippen LogP contribution in [-0.2, 0) is 0 Å². The second-order valence-electron chi connectivity index (χ2n) is 4.57. The van der Waals surface area contributed by atoms with Crippen molar-refractivity contribution in [3.63, 3.8) is 0 Å². The number of hydroxylamine groups is 2. The molecule has 2 aromatic carbocycles. The highest BCUT2D eigenvalue weighted by Crippen LogP contribution is 2.18. The van der Waals surface area contributed by atoms with E-state index in [9.17, 15) is 10.0 Å². The molecular weight excluding hydrogens is 264 g/mol. The van der Waals surface area contributed by atoms with Gasteiger partial charge in [0.1, 0.15) is 6.04 Å².